The van der Waals surface area contributed by atoms with E-state index in [4.69, 9.17) is 5.73 Å². The van der Waals surface area contributed by atoms with Crippen molar-refractivity contribution in [3.63, 3.8) is 0 Å². The summed E-state index contributed by atoms with van der Waals surface area (Å²) >= 11 is 0. The molecule has 1 heterocycles. The van der Waals surface area contributed by atoms with Gasteiger partial charge in [-0.15, -0.1) is 0 Å². The highest BCUT2D eigenvalue weighted by Crippen LogP contribution is 2.20. The number of aromatic amines is 1. The smallest absolute Gasteiger partial charge is 0.220 e. The van der Waals surface area contributed by atoms with E-state index < -0.39 is 0 Å². The molecule has 0 aliphatic heterocycles. The maximum absolute atomic E-state index is 11.9. The molecule has 0 saturated heterocycles. The maximum Gasteiger partial charge on any atom is 0.220 e. The van der Waals surface area contributed by atoms with Crippen LogP contribution in [0, 0.1) is 0 Å². The van der Waals surface area contributed by atoms with Crippen molar-refractivity contribution >= 4 is 16.9 Å². The molecule has 5 heteroatoms. The summed E-state index contributed by atoms with van der Waals surface area (Å²) in [6, 6.07) is 16.1. The van der Waals surface area contributed by atoms with E-state index >= 15 is 0 Å². The van der Waals surface area contributed by atoms with Gasteiger partial charge in [-0.3, -0.25) is 4.79 Å². The van der Waals surface area contributed by atoms with Gasteiger partial charge in [0.05, 0.1) is 11.0 Å². The van der Waals surface area contributed by atoms with Crippen molar-refractivity contribution < 1.29 is 4.79 Å². The summed E-state index contributed by atoms with van der Waals surface area (Å²) in [6.07, 6.45) is 4.72. The zero-order valence-electron chi connectivity index (χ0n) is 15.0. The second-order valence-electron chi connectivity index (χ2n) is 6.53. The number of amides is 1. The first-order chi connectivity index (χ1) is 12.8. The molecule has 4 N–H and O–H groups in total. The van der Waals surface area contributed by atoms with Crippen LogP contribution in [0.5, 0.6) is 0 Å². The number of aromatic nitrogens is 2. The molecule has 0 bridgehead atoms. The molecule has 0 aliphatic carbocycles. The highest BCUT2D eigenvalue weighted by Gasteiger charge is 2.05. The van der Waals surface area contributed by atoms with Crippen molar-refractivity contribution in [2.24, 2.45) is 5.73 Å². The zero-order valence-corrected chi connectivity index (χ0v) is 15.0. The minimum Gasteiger partial charge on any atom is -0.352 e. The van der Waals surface area contributed by atoms with Gasteiger partial charge in [0.25, 0.3) is 0 Å². The number of H-pyrrole nitrogens is 1. The van der Waals surface area contributed by atoms with E-state index in [1.165, 1.54) is 0 Å². The number of rotatable bonds is 9. The van der Waals surface area contributed by atoms with E-state index in [9.17, 15) is 4.79 Å². The number of imidazole rings is 1. The normalized spacial score (nSPS) is 11.0. The summed E-state index contributed by atoms with van der Waals surface area (Å²) < 4.78 is 0. The summed E-state index contributed by atoms with van der Waals surface area (Å²) in [5, 5.41) is 2.98. The number of carbonyl (C=O) groups is 1. The topological polar surface area (TPSA) is 83.8 Å². The Morgan fingerprint density at radius 3 is 2.54 bits per heavy atom. The minimum absolute atomic E-state index is 0.110. The molecule has 1 amide bonds. The van der Waals surface area contributed by atoms with Crippen LogP contribution in [-0.4, -0.2) is 22.4 Å². The summed E-state index contributed by atoms with van der Waals surface area (Å²) in [7, 11) is 0. The quantitative estimate of drug-likeness (QED) is 0.514. The van der Waals surface area contributed by atoms with Gasteiger partial charge in [0.2, 0.25) is 5.91 Å². The minimum atomic E-state index is 0.110. The van der Waals surface area contributed by atoms with E-state index in [2.05, 4.69) is 15.3 Å². The fourth-order valence-corrected chi connectivity index (χ4v) is 2.94. The van der Waals surface area contributed by atoms with Gasteiger partial charge in [-0.05, 0) is 37.1 Å². The second kappa shape index (κ2) is 9.15. The Labute approximate surface area is 154 Å². The molecule has 0 radical (unpaired) electrons. The highest BCUT2D eigenvalue weighted by atomic mass is 16.1. The molecule has 2 aromatic carbocycles. The Bertz CT molecular complexity index is 806. The molecule has 0 spiro atoms. The molecule has 26 heavy (non-hydrogen) atoms. The van der Waals surface area contributed by atoms with Crippen LogP contribution < -0.4 is 11.1 Å². The fourth-order valence-electron chi connectivity index (χ4n) is 2.94. The van der Waals surface area contributed by atoms with Gasteiger partial charge in [0, 0.05) is 18.5 Å². The SMILES string of the molecule is NCCCCCCC(=O)NCc1ccc(-c2nc3ccccc3[nH]2)cc1. The lowest BCUT2D eigenvalue weighted by Crippen LogP contribution is -2.22. The lowest BCUT2D eigenvalue weighted by Gasteiger charge is -2.06. The highest BCUT2D eigenvalue weighted by molar-refractivity contribution is 5.79. The lowest BCUT2D eigenvalue weighted by atomic mass is 10.1. The summed E-state index contributed by atoms with van der Waals surface area (Å²) in [6.45, 7) is 1.29. The Balaban J connectivity index is 1.49. The second-order valence-corrected chi connectivity index (χ2v) is 6.53. The molecule has 1 aromatic heterocycles. The molecular weight excluding hydrogens is 324 g/mol. The van der Waals surface area contributed by atoms with Crippen LogP contribution in [0.1, 0.15) is 37.7 Å². The van der Waals surface area contributed by atoms with Gasteiger partial charge in [-0.2, -0.15) is 0 Å². The van der Waals surface area contributed by atoms with Gasteiger partial charge in [0.15, 0.2) is 0 Å². The predicted molar refractivity (Wildman–Crippen MR) is 106 cm³/mol. The van der Waals surface area contributed by atoms with E-state index in [0.717, 1.165) is 60.2 Å². The lowest BCUT2D eigenvalue weighted by molar-refractivity contribution is -0.121. The first kappa shape index (κ1) is 18.1. The molecule has 0 atom stereocenters. The standard InChI is InChI=1S/C21H26N4O/c22-14-6-2-1-3-9-20(26)23-15-16-10-12-17(13-11-16)21-24-18-7-4-5-8-19(18)25-21/h4-5,7-8,10-13H,1-3,6,9,14-15,22H2,(H,23,26)(H,24,25). The Hall–Kier alpha value is -2.66. The van der Waals surface area contributed by atoms with Gasteiger partial charge in [-0.25, -0.2) is 4.98 Å². The molecular formula is C21H26N4O. The number of nitrogens with one attached hydrogen (secondary N) is 2. The van der Waals surface area contributed by atoms with E-state index in [1.807, 2.05) is 48.5 Å². The molecule has 136 valence electrons. The van der Waals surface area contributed by atoms with E-state index in [-0.39, 0.29) is 5.91 Å². The zero-order chi connectivity index (χ0) is 18.2. The van der Waals surface area contributed by atoms with Gasteiger partial charge >= 0.3 is 0 Å². The van der Waals surface area contributed by atoms with Crippen LogP contribution in [0.25, 0.3) is 22.4 Å². The Morgan fingerprint density at radius 1 is 1.00 bits per heavy atom. The van der Waals surface area contributed by atoms with Gasteiger partial charge in [-0.1, -0.05) is 49.2 Å². The van der Waals surface area contributed by atoms with Crippen molar-refractivity contribution in [2.75, 3.05) is 6.54 Å². The molecule has 3 rings (SSSR count). The molecule has 0 saturated carbocycles. The Morgan fingerprint density at radius 2 is 1.77 bits per heavy atom. The largest absolute Gasteiger partial charge is 0.352 e. The molecule has 0 fully saturated rings. The molecule has 0 unspecified atom stereocenters. The summed E-state index contributed by atoms with van der Waals surface area (Å²) in [5.41, 5.74) is 9.58. The van der Waals surface area contributed by atoms with Gasteiger partial charge < -0.3 is 16.0 Å². The van der Waals surface area contributed by atoms with Crippen LogP contribution in [0.3, 0.4) is 0 Å². The number of hydrogen-bond acceptors (Lipinski definition) is 3. The number of para-hydroxylation sites is 2. The number of unbranched alkanes of at least 4 members (excludes halogenated alkanes) is 3. The third kappa shape index (κ3) is 4.92. The average Bonchev–Trinajstić information content (AvgIpc) is 3.11. The average molecular weight is 350 g/mol. The van der Waals surface area contributed by atoms with Crippen molar-refractivity contribution in [1.29, 1.82) is 0 Å². The molecule has 5 nitrogen and oxygen atoms in total. The number of benzene rings is 2. The predicted octanol–water partition coefficient (Wildman–Crippen LogP) is 3.76. The van der Waals surface area contributed by atoms with E-state index in [0.29, 0.717) is 13.0 Å². The van der Waals surface area contributed by atoms with Crippen LogP contribution >= 0.6 is 0 Å². The summed E-state index contributed by atoms with van der Waals surface area (Å²) in [5.74, 6) is 0.971. The number of nitrogens with zero attached hydrogens (tertiary/aromatic N) is 1. The maximum atomic E-state index is 11.9. The molecule has 0 aliphatic rings. The van der Waals surface area contributed by atoms with Crippen LogP contribution in [0.4, 0.5) is 0 Å². The van der Waals surface area contributed by atoms with Crippen LogP contribution in [0.2, 0.25) is 0 Å². The fraction of sp³-hybridized carbons (Fsp3) is 0.333. The monoisotopic (exact) mass is 350 g/mol. The van der Waals surface area contributed by atoms with Crippen molar-refractivity contribution in [3.8, 4) is 11.4 Å². The summed E-state index contributed by atoms with van der Waals surface area (Å²) in [4.78, 5) is 19.8. The first-order valence-corrected chi connectivity index (χ1v) is 9.27. The van der Waals surface area contributed by atoms with Crippen LogP contribution in [0.15, 0.2) is 48.5 Å². The number of hydrogen-bond donors (Lipinski definition) is 3. The number of fused-ring (bicyclic) bond motifs is 1. The first-order valence-electron chi connectivity index (χ1n) is 9.27. The van der Waals surface area contributed by atoms with E-state index in [1.54, 1.807) is 0 Å². The van der Waals surface area contributed by atoms with Crippen molar-refractivity contribution in [2.45, 2.75) is 38.6 Å². The number of carbonyl (C=O) groups excluding carboxylic acids is 1. The number of nitrogens with two attached hydrogens (primary N) is 1. The van der Waals surface area contributed by atoms with Gasteiger partial charge in [0.1, 0.15) is 5.82 Å². The third-order valence-corrected chi connectivity index (χ3v) is 4.46. The molecule has 3 aromatic rings. The Kier molecular flexibility index (Phi) is 6.39. The third-order valence-electron chi connectivity index (χ3n) is 4.46. The van der Waals surface area contributed by atoms with Crippen molar-refractivity contribution in [1.82, 2.24) is 15.3 Å². The van der Waals surface area contributed by atoms with Crippen LogP contribution in [-0.2, 0) is 11.3 Å². The van der Waals surface area contributed by atoms with Crippen molar-refractivity contribution in [3.05, 3.63) is 54.1 Å².